The summed E-state index contributed by atoms with van der Waals surface area (Å²) in [6, 6.07) is 3.19. The second kappa shape index (κ2) is 6.32. The zero-order valence-corrected chi connectivity index (χ0v) is 13.1. The fourth-order valence-corrected chi connectivity index (χ4v) is 2.65. The van der Waals surface area contributed by atoms with Crippen LogP contribution in [0.5, 0.6) is 0 Å². The Morgan fingerprint density at radius 2 is 2.09 bits per heavy atom. The lowest BCUT2D eigenvalue weighted by Gasteiger charge is -2.24. The van der Waals surface area contributed by atoms with Crippen molar-refractivity contribution in [1.82, 2.24) is 0 Å². The van der Waals surface area contributed by atoms with Crippen molar-refractivity contribution in [1.29, 1.82) is 0 Å². The summed E-state index contributed by atoms with van der Waals surface area (Å²) in [4.78, 5) is 36.9. The van der Waals surface area contributed by atoms with Crippen molar-refractivity contribution >= 4 is 40.6 Å². The number of ketones is 1. The first-order chi connectivity index (χ1) is 10.5. The molecule has 0 spiro atoms. The maximum atomic E-state index is 12.4. The number of esters is 1. The van der Waals surface area contributed by atoms with Gasteiger partial charge >= 0.3 is 5.97 Å². The summed E-state index contributed by atoms with van der Waals surface area (Å²) in [5.74, 6) is -0.169. The zero-order valence-electron chi connectivity index (χ0n) is 12.3. The first kappa shape index (κ1) is 16.2. The van der Waals surface area contributed by atoms with Gasteiger partial charge in [-0.15, -0.1) is 0 Å². The molecule has 0 bridgehead atoms. The van der Waals surface area contributed by atoms with Crippen LogP contribution in [0.3, 0.4) is 0 Å². The Labute approximate surface area is 131 Å². The number of fused-ring (bicyclic) bond motifs is 1. The topological polar surface area (TPSA) is 72.9 Å². The van der Waals surface area contributed by atoms with Gasteiger partial charge in [-0.05, 0) is 19.1 Å². The third-order valence-electron chi connectivity index (χ3n) is 3.42. The highest BCUT2D eigenvalue weighted by Gasteiger charge is 2.37. The van der Waals surface area contributed by atoms with E-state index in [2.05, 4.69) is 4.74 Å². The first-order valence-electron chi connectivity index (χ1n) is 6.52. The SMILES string of the molecule is CCOC1C(C(=O)C(=O)OC)=c2c(ccc(Cl)c2=C=O)N1C. The number of hydrogen-bond donors (Lipinski definition) is 0. The molecule has 0 radical (unpaired) electrons. The van der Waals surface area contributed by atoms with E-state index in [1.165, 1.54) is 6.07 Å². The number of carbonyl (C=O) groups excluding carboxylic acids is 3. The van der Waals surface area contributed by atoms with Gasteiger partial charge in [-0.1, -0.05) is 11.6 Å². The monoisotopic (exact) mass is 323 g/mol. The molecule has 0 aliphatic carbocycles. The third kappa shape index (κ3) is 2.41. The highest BCUT2D eigenvalue weighted by molar-refractivity contribution is 6.50. The van der Waals surface area contributed by atoms with E-state index in [1.807, 2.05) is 0 Å². The van der Waals surface area contributed by atoms with Crippen molar-refractivity contribution < 1.29 is 23.9 Å². The van der Waals surface area contributed by atoms with Crippen LogP contribution in [-0.4, -0.2) is 44.7 Å². The van der Waals surface area contributed by atoms with Crippen molar-refractivity contribution in [2.45, 2.75) is 13.2 Å². The van der Waals surface area contributed by atoms with Gasteiger partial charge in [0.25, 0.3) is 5.78 Å². The molecule has 0 saturated carbocycles. The van der Waals surface area contributed by atoms with E-state index in [0.717, 1.165) is 7.11 Å². The lowest BCUT2D eigenvalue weighted by Crippen LogP contribution is -2.36. The molecule has 0 N–H and O–H groups in total. The summed E-state index contributed by atoms with van der Waals surface area (Å²) in [7, 11) is 2.81. The molecule has 1 atom stereocenters. The first-order valence-corrected chi connectivity index (χ1v) is 6.90. The molecule has 22 heavy (non-hydrogen) atoms. The molecule has 1 aromatic carbocycles. The fraction of sp³-hybridized carbons (Fsp3) is 0.333. The van der Waals surface area contributed by atoms with E-state index < -0.39 is 18.0 Å². The Bertz CT molecular complexity index is 782. The second-order valence-electron chi connectivity index (χ2n) is 4.57. The predicted octanol–water partition coefficient (Wildman–Crippen LogP) is -0.452. The van der Waals surface area contributed by atoms with Gasteiger partial charge in [-0.2, -0.15) is 0 Å². The normalized spacial score (nSPS) is 16.3. The van der Waals surface area contributed by atoms with Crippen molar-refractivity contribution in [3.05, 3.63) is 27.6 Å². The Morgan fingerprint density at radius 3 is 2.64 bits per heavy atom. The quantitative estimate of drug-likeness (QED) is 0.552. The van der Waals surface area contributed by atoms with Crippen LogP contribution in [-0.2, 0) is 23.9 Å². The van der Waals surface area contributed by atoms with E-state index in [-0.39, 0.29) is 21.0 Å². The highest BCUT2D eigenvalue weighted by atomic mass is 35.5. The molecule has 0 aromatic heterocycles. The van der Waals surface area contributed by atoms with Crippen LogP contribution in [0.15, 0.2) is 12.1 Å². The van der Waals surface area contributed by atoms with Crippen molar-refractivity contribution in [2.75, 3.05) is 25.7 Å². The van der Waals surface area contributed by atoms with Gasteiger partial charge in [-0.3, -0.25) is 4.79 Å². The molecule has 0 saturated heterocycles. The van der Waals surface area contributed by atoms with E-state index in [4.69, 9.17) is 16.3 Å². The maximum absolute atomic E-state index is 12.4. The van der Waals surface area contributed by atoms with Crippen LogP contribution in [0.1, 0.15) is 6.92 Å². The zero-order chi connectivity index (χ0) is 16.4. The minimum atomic E-state index is -1.03. The van der Waals surface area contributed by atoms with Gasteiger partial charge in [-0.25, -0.2) is 9.59 Å². The molecule has 0 amide bonds. The van der Waals surface area contributed by atoms with Crippen LogP contribution < -0.4 is 15.3 Å². The number of ether oxygens (including phenoxy) is 2. The Morgan fingerprint density at radius 1 is 1.41 bits per heavy atom. The molecule has 0 fully saturated rings. The summed E-state index contributed by atoms with van der Waals surface area (Å²) in [5.41, 5.74) is 0.598. The minimum absolute atomic E-state index is 0.0282. The van der Waals surface area contributed by atoms with Gasteiger partial charge in [0.1, 0.15) is 5.94 Å². The summed E-state index contributed by atoms with van der Waals surface area (Å²) >= 11 is 6.00. The van der Waals surface area contributed by atoms with Gasteiger partial charge in [0.15, 0.2) is 6.23 Å². The molecule has 1 aromatic rings. The average molecular weight is 324 g/mol. The molecule has 7 heteroatoms. The number of methoxy groups -OCH3 is 1. The Kier molecular flexibility index (Phi) is 4.66. The van der Waals surface area contributed by atoms with Gasteiger partial charge in [0.05, 0.1) is 22.9 Å². The molecule has 2 rings (SSSR count). The van der Waals surface area contributed by atoms with E-state index >= 15 is 0 Å². The number of anilines is 1. The standard InChI is InChI=1S/C15H14ClNO5/c1-4-22-14-12(13(19)15(20)21-3)11-8(7-18)9(16)5-6-10(11)17(14)2/h5-6,14H,4H2,1-3H3. The highest BCUT2D eigenvalue weighted by Crippen LogP contribution is 2.25. The lowest BCUT2D eigenvalue weighted by molar-refractivity contribution is -0.149. The van der Waals surface area contributed by atoms with Crippen molar-refractivity contribution in [3.8, 4) is 0 Å². The van der Waals surface area contributed by atoms with Crippen LogP contribution in [0, 0.1) is 0 Å². The molecule has 1 aliphatic heterocycles. The Balaban J connectivity index is 2.89. The number of Topliss-reactive ketones (excluding diaryl/α,β-unsaturated/α-hetero) is 1. The molecule has 1 unspecified atom stereocenters. The fourth-order valence-electron chi connectivity index (χ4n) is 2.46. The smallest absolute Gasteiger partial charge is 0.379 e. The number of halogens is 1. The molecular weight excluding hydrogens is 310 g/mol. The van der Waals surface area contributed by atoms with Crippen molar-refractivity contribution in [2.24, 2.45) is 0 Å². The number of benzene rings is 1. The Hall–Kier alpha value is -2.14. The maximum Gasteiger partial charge on any atom is 0.379 e. The summed E-state index contributed by atoms with van der Waals surface area (Å²) in [5, 5.41) is 0.439. The average Bonchev–Trinajstić information content (AvgIpc) is 2.79. The van der Waals surface area contributed by atoms with Crippen molar-refractivity contribution in [3.63, 3.8) is 0 Å². The van der Waals surface area contributed by atoms with E-state index in [1.54, 1.807) is 30.9 Å². The molecule has 1 heterocycles. The van der Waals surface area contributed by atoms with E-state index in [0.29, 0.717) is 12.3 Å². The third-order valence-corrected chi connectivity index (χ3v) is 3.74. The molecule has 6 nitrogen and oxygen atoms in total. The van der Waals surface area contributed by atoms with Crippen LogP contribution >= 0.6 is 11.6 Å². The minimum Gasteiger partial charge on any atom is -0.463 e. The number of carbonyl (C=O) groups is 2. The largest absolute Gasteiger partial charge is 0.463 e. The number of nitrogens with zero attached hydrogens (tertiary/aromatic N) is 1. The number of hydrogen-bond acceptors (Lipinski definition) is 6. The summed E-state index contributed by atoms with van der Waals surface area (Å²) < 4.78 is 10.0. The predicted molar refractivity (Wildman–Crippen MR) is 79.7 cm³/mol. The van der Waals surface area contributed by atoms with E-state index in [9.17, 15) is 14.4 Å². The molecular formula is C15H14ClNO5. The van der Waals surface area contributed by atoms with Crippen LogP contribution in [0.2, 0.25) is 5.02 Å². The van der Waals surface area contributed by atoms with Gasteiger partial charge in [0.2, 0.25) is 0 Å². The second-order valence-corrected chi connectivity index (χ2v) is 4.98. The summed E-state index contributed by atoms with van der Waals surface area (Å²) in [6.45, 7) is 2.08. The van der Waals surface area contributed by atoms with Crippen LogP contribution in [0.25, 0.3) is 5.57 Å². The summed E-state index contributed by atoms with van der Waals surface area (Å²) in [6.07, 6.45) is -0.794. The van der Waals surface area contributed by atoms with Crippen LogP contribution in [0.4, 0.5) is 5.69 Å². The lowest BCUT2D eigenvalue weighted by atomic mass is 10.1. The number of rotatable bonds is 4. The molecule has 1 aliphatic rings. The molecule has 116 valence electrons. The van der Waals surface area contributed by atoms with Gasteiger partial charge in [0, 0.05) is 24.6 Å². The van der Waals surface area contributed by atoms with Gasteiger partial charge < -0.3 is 14.4 Å².